The normalized spacial score (nSPS) is 23.6. The van der Waals surface area contributed by atoms with Crippen molar-refractivity contribution in [3.63, 3.8) is 0 Å². The van der Waals surface area contributed by atoms with Crippen molar-refractivity contribution in [1.82, 2.24) is 0 Å². The molecule has 112 valence electrons. The molecule has 0 radical (unpaired) electrons. The van der Waals surface area contributed by atoms with Crippen LogP contribution in [-0.4, -0.2) is 45.3 Å². The van der Waals surface area contributed by atoms with Gasteiger partial charge in [-0.1, -0.05) is 0 Å². The second-order valence-electron chi connectivity index (χ2n) is 5.22. The Labute approximate surface area is 118 Å². The molecule has 8 nitrogen and oxygen atoms in total. The van der Waals surface area contributed by atoms with Crippen LogP contribution in [-0.2, 0) is 28.8 Å². The third-order valence-electron chi connectivity index (χ3n) is 4.32. The summed E-state index contributed by atoms with van der Waals surface area (Å²) in [7, 11) is 0. The van der Waals surface area contributed by atoms with Crippen molar-refractivity contribution < 1.29 is 39.0 Å². The smallest absolute Gasteiger partial charge is 0.326 e. The van der Waals surface area contributed by atoms with Crippen molar-refractivity contribution in [2.24, 2.45) is 10.8 Å². The standard InChI is InChI=1S/C13H12O8/c14-6-1-2-7(15)12(6,5-10(18)19)13(11(20)21)8(16)3-4-9(13)17/h1-5H2,(H,18,19)(H,20,21). The Balaban J connectivity index is 2.80. The van der Waals surface area contributed by atoms with Gasteiger partial charge >= 0.3 is 11.9 Å². The average molecular weight is 296 g/mol. The van der Waals surface area contributed by atoms with Gasteiger partial charge in [-0.15, -0.1) is 0 Å². The summed E-state index contributed by atoms with van der Waals surface area (Å²) in [6.07, 6.45) is -2.70. The first-order valence-corrected chi connectivity index (χ1v) is 6.29. The number of aliphatic carboxylic acids is 2. The monoisotopic (exact) mass is 296 g/mol. The van der Waals surface area contributed by atoms with Crippen molar-refractivity contribution >= 4 is 35.1 Å². The van der Waals surface area contributed by atoms with E-state index in [1.165, 1.54) is 0 Å². The Morgan fingerprint density at radius 3 is 1.52 bits per heavy atom. The van der Waals surface area contributed by atoms with Crippen molar-refractivity contribution in [2.45, 2.75) is 32.1 Å². The second-order valence-corrected chi connectivity index (χ2v) is 5.22. The zero-order valence-corrected chi connectivity index (χ0v) is 10.9. The van der Waals surface area contributed by atoms with E-state index < -0.39 is 65.2 Å². The van der Waals surface area contributed by atoms with Crippen LogP contribution in [0.2, 0.25) is 0 Å². The molecule has 0 amide bonds. The number of Topliss-reactive ketones (excluding diaryl/α,β-unsaturated/α-hetero) is 4. The minimum Gasteiger partial charge on any atom is -0.481 e. The fourth-order valence-corrected chi connectivity index (χ4v) is 3.44. The number of carboxylic acids is 2. The number of rotatable bonds is 4. The quantitative estimate of drug-likeness (QED) is 0.653. The maximum Gasteiger partial charge on any atom is 0.326 e. The molecular formula is C13H12O8. The van der Waals surface area contributed by atoms with Gasteiger partial charge in [-0.05, 0) is 0 Å². The summed E-state index contributed by atoms with van der Waals surface area (Å²) < 4.78 is 0. The molecule has 2 fully saturated rings. The lowest BCUT2D eigenvalue weighted by atomic mass is 9.57. The van der Waals surface area contributed by atoms with Crippen molar-refractivity contribution in [3.8, 4) is 0 Å². The van der Waals surface area contributed by atoms with Gasteiger partial charge in [0.2, 0.25) is 5.41 Å². The van der Waals surface area contributed by atoms with E-state index in [1.54, 1.807) is 0 Å². The molecule has 2 saturated carbocycles. The summed E-state index contributed by atoms with van der Waals surface area (Å²) in [4.78, 5) is 71.3. The zero-order chi connectivity index (χ0) is 16.0. The Hall–Kier alpha value is -2.38. The molecule has 0 unspecified atom stereocenters. The van der Waals surface area contributed by atoms with Gasteiger partial charge in [0.25, 0.3) is 0 Å². The molecule has 2 rings (SSSR count). The molecule has 0 heterocycles. The van der Waals surface area contributed by atoms with E-state index in [2.05, 4.69) is 0 Å². The van der Waals surface area contributed by atoms with Gasteiger partial charge in [0.1, 0.15) is 17.0 Å². The molecule has 8 heteroatoms. The van der Waals surface area contributed by atoms with Crippen LogP contribution >= 0.6 is 0 Å². The molecule has 0 aliphatic heterocycles. The van der Waals surface area contributed by atoms with Gasteiger partial charge in [0.15, 0.2) is 11.6 Å². The number of carboxylic acid groups (broad SMARTS) is 2. The molecule has 0 aromatic carbocycles. The van der Waals surface area contributed by atoms with Gasteiger partial charge in [-0.2, -0.15) is 0 Å². The minimum atomic E-state index is -2.88. The van der Waals surface area contributed by atoms with Crippen LogP contribution in [0.5, 0.6) is 0 Å². The highest BCUT2D eigenvalue weighted by Crippen LogP contribution is 2.54. The highest BCUT2D eigenvalue weighted by molar-refractivity contribution is 6.35. The van der Waals surface area contributed by atoms with Crippen LogP contribution in [0, 0.1) is 10.8 Å². The Bertz CT molecular complexity index is 567. The Morgan fingerprint density at radius 1 is 0.810 bits per heavy atom. The summed E-state index contributed by atoms with van der Waals surface area (Å²) >= 11 is 0. The fourth-order valence-electron chi connectivity index (χ4n) is 3.44. The summed E-state index contributed by atoms with van der Waals surface area (Å²) in [6, 6.07) is 0. The Morgan fingerprint density at radius 2 is 1.19 bits per heavy atom. The van der Waals surface area contributed by atoms with Gasteiger partial charge in [0.05, 0.1) is 6.42 Å². The predicted molar refractivity (Wildman–Crippen MR) is 63.3 cm³/mol. The van der Waals surface area contributed by atoms with Gasteiger partial charge < -0.3 is 10.2 Å². The summed E-state index contributed by atoms with van der Waals surface area (Å²) in [5, 5.41) is 18.4. The highest BCUT2D eigenvalue weighted by Gasteiger charge is 2.75. The fraction of sp³-hybridized carbons (Fsp3) is 0.538. The second kappa shape index (κ2) is 4.57. The maximum atomic E-state index is 12.2. The topological polar surface area (TPSA) is 143 Å². The first kappa shape index (κ1) is 15.0. The van der Waals surface area contributed by atoms with E-state index in [1.807, 2.05) is 0 Å². The van der Waals surface area contributed by atoms with Crippen LogP contribution in [0.4, 0.5) is 0 Å². The molecule has 0 aromatic rings. The van der Waals surface area contributed by atoms with Gasteiger partial charge in [-0.25, -0.2) is 0 Å². The summed E-state index contributed by atoms with van der Waals surface area (Å²) in [5.41, 5.74) is -5.48. The lowest BCUT2D eigenvalue weighted by Crippen LogP contribution is -2.60. The summed E-state index contributed by atoms with van der Waals surface area (Å²) in [6.45, 7) is 0. The molecule has 2 aliphatic rings. The molecule has 21 heavy (non-hydrogen) atoms. The molecular weight excluding hydrogens is 284 g/mol. The number of ketones is 4. The SMILES string of the molecule is O=C(O)CC1(C2(C(=O)O)C(=O)CCC2=O)C(=O)CCC1=O. The van der Waals surface area contributed by atoms with Crippen LogP contribution in [0.15, 0.2) is 0 Å². The van der Waals surface area contributed by atoms with Gasteiger partial charge in [-0.3, -0.25) is 28.8 Å². The molecule has 0 saturated heterocycles. The van der Waals surface area contributed by atoms with Crippen molar-refractivity contribution in [2.75, 3.05) is 0 Å². The first-order chi connectivity index (χ1) is 9.71. The van der Waals surface area contributed by atoms with Crippen LogP contribution < -0.4 is 0 Å². The zero-order valence-electron chi connectivity index (χ0n) is 10.9. The van der Waals surface area contributed by atoms with Gasteiger partial charge in [0, 0.05) is 25.7 Å². The van der Waals surface area contributed by atoms with E-state index in [0.717, 1.165) is 0 Å². The van der Waals surface area contributed by atoms with Crippen LogP contribution in [0.3, 0.4) is 0 Å². The predicted octanol–water partition coefficient (Wildman–Crippen LogP) is -0.618. The molecule has 0 bridgehead atoms. The lowest BCUT2D eigenvalue weighted by molar-refractivity contribution is -0.175. The lowest BCUT2D eigenvalue weighted by Gasteiger charge is -2.36. The van der Waals surface area contributed by atoms with E-state index >= 15 is 0 Å². The number of hydrogen-bond donors (Lipinski definition) is 2. The van der Waals surface area contributed by atoms with Crippen LogP contribution in [0.25, 0.3) is 0 Å². The maximum absolute atomic E-state index is 12.2. The molecule has 2 aliphatic carbocycles. The molecule has 2 N–H and O–H groups in total. The van der Waals surface area contributed by atoms with E-state index in [0.29, 0.717) is 0 Å². The molecule has 0 atom stereocenters. The number of hydrogen-bond acceptors (Lipinski definition) is 6. The van der Waals surface area contributed by atoms with E-state index in [9.17, 15) is 33.9 Å². The van der Waals surface area contributed by atoms with Crippen molar-refractivity contribution in [1.29, 1.82) is 0 Å². The molecule has 0 spiro atoms. The van der Waals surface area contributed by atoms with E-state index in [-0.39, 0.29) is 12.8 Å². The van der Waals surface area contributed by atoms with Crippen molar-refractivity contribution in [3.05, 3.63) is 0 Å². The largest absolute Gasteiger partial charge is 0.481 e. The minimum absolute atomic E-state index is 0.359. The third-order valence-corrected chi connectivity index (χ3v) is 4.32. The first-order valence-electron chi connectivity index (χ1n) is 6.29. The number of carbonyl (C=O) groups excluding carboxylic acids is 4. The van der Waals surface area contributed by atoms with Crippen LogP contribution in [0.1, 0.15) is 32.1 Å². The van der Waals surface area contributed by atoms with E-state index in [4.69, 9.17) is 5.11 Å². The Kier molecular flexibility index (Phi) is 3.27. The average Bonchev–Trinajstić information content (AvgIpc) is 2.82. The summed E-state index contributed by atoms with van der Waals surface area (Å²) in [5.74, 6) is -7.57. The third kappa shape index (κ3) is 1.61. The molecule has 0 aromatic heterocycles. The number of carbonyl (C=O) groups is 6. The highest BCUT2D eigenvalue weighted by atomic mass is 16.4.